The first kappa shape index (κ1) is 12.4. The standard InChI is InChI=1S/C15H11N7/c16-15-17-3-2-13(22-15)12-8-19-14-11(12)5-10(6-18-14)9-1-4-20-21-7-9/h1-8H,(H,18,19)(H2,16,17,22). The van der Waals surface area contributed by atoms with Crippen LogP contribution in [0.1, 0.15) is 0 Å². The molecular weight excluding hydrogens is 278 g/mol. The molecule has 4 rings (SSSR count). The van der Waals surface area contributed by atoms with Crippen molar-refractivity contribution in [3.05, 3.63) is 49.2 Å². The second kappa shape index (κ2) is 4.88. The Morgan fingerprint density at radius 2 is 1.91 bits per heavy atom. The van der Waals surface area contributed by atoms with Gasteiger partial charge >= 0.3 is 0 Å². The molecule has 0 aliphatic rings. The number of H-pyrrole nitrogens is 1. The Balaban J connectivity index is 1.91. The van der Waals surface area contributed by atoms with Gasteiger partial charge in [-0.25, -0.2) is 15.0 Å². The molecule has 0 bridgehead atoms. The van der Waals surface area contributed by atoms with Gasteiger partial charge in [-0.2, -0.15) is 10.2 Å². The van der Waals surface area contributed by atoms with Crippen LogP contribution in [0, 0.1) is 0 Å². The normalized spacial score (nSPS) is 10.9. The van der Waals surface area contributed by atoms with Gasteiger partial charge in [0.25, 0.3) is 0 Å². The van der Waals surface area contributed by atoms with Gasteiger partial charge in [0.15, 0.2) is 0 Å². The number of pyridine rings is 1. The van der Waals surface area contributed by atoms with Gasteiger partial charge in [0.05, 0.1) is 18.1 Å². The summed E-state index contributed by atoms with van der Waals surface area (Å²) in [5, 5.41) is 8.65. The van der Waals surface area contributed by atoms with E-state index in [4.69, 9.17) is 5.73 Å². The van der Waals surface area contributed by atoms with E-state index in [-0.39, 0.29) is 5.95 Å². The van der Waals surface area contributed by atoms with Crippen LogP contribution in [0.25, 0.3) is 33.4 Å². The van der Waals surface area contributed by atoms with Crippen LogP contribution in [0.2, 0.25) is 0 Å². The third-order valence-electron chi connectivity index (χ3n) is 3.40. The summed E-state index contributed by atoms with van der Waals surface area (Å²) in [6.07, 6.45) is 8.67. The van der Waals surface area contributed by atoms with Crippen LogP contribution in [-0.4, -0.2) is 30.1 Å². The number of nitrogens with two attached hydrogens (primary N) is 1. The van der Waals surface area contributed by atoms with Gasteiger partial charge in [-0.15, -0.1) is 0 Å². The Labute approximate surface area is 125 Å². The molecule has 0 spiro atoms. The molecule has 106 valence electrons. The fourth-order valence-corrected chi connectivity index (χ4v) is 2.36. The second-order valence-corrected chi connectivity index (χ2v) is 4.75. The molecule has 4 aromatic heterocycles. The highest BCUT2D eigenvalue weighted by Crippen LogP contribution is 2.29. The molecule has 7 heteroatoms. The first-order chi connectivity index (χ1) is 10.8. The second-order valence-electron chi connectivity index (χ2n) is 4.75. The number of hydrogen-bond donors (Lipinski definition) is 2. The Morgan fingerprint density at radius 3 is 2.73 bits per heavy atom. The van der Waals surface area contributed by atoms with Crippen LogP contribution in [0.4, 0.5) is 5.95 Å². The lowest BCUT2D eigenvalue weighted by Crippen LogP contribution is -1.94. The van der Waals surface area contributed by atoms with Crippen molar-refractivity contribution in [2.24, 2.45) is 0 Å². The van der Waals surface area contributed by atoms with Gasteiger partial charge in [-0.1, -0.05) is 0 Å². The van der Waals surface area contributed by atoms with Crippen molar-refractivity contribution in [3.63, 3.8) is 0 Å². The molecule has 0 saturated carbocycles. The van der Waals surface area contributed by atoms with Crippen molar-refractivity contribution in [2.75, 3.05) is 5.73 Å². The van der Waals surface area contributed by atoms with E-state index in [1.165, 1.54) is 0 Å². The molecule has 0 aromatic carbocycles. The molecule has 0 saturated heterocycles. The van der Waals surface area contributed by atoms with Gasteiger partial charge in [0.2, 0.25) is 5.95 Å². The molecule has 0 atom stereocenters. The first-order valence-corrected chi connectivity index (χ1v) is 6.64. The van der Waals surface area contributed by atoms with Gasteiger partial charge in [0.1, 0.15) is 5.65 Å². The summed E-state index contributed by atoms with van der Waals surface area (Å²) in [6.45, 7) is 0. The van der Waals surface area contributed by atoms with E-state index in [2.05, 4.69) is 30.1 Å². The highest BCUT2D eigenvalue weighted by Gasteiger charge is 2.10. The largest absolute Gasteiger partial charge is 0.368 e. The third-order valence-corrected chi connectivity index (χ3v) is 3.40. The smallest absolute Gasteiger partial charge is 0.220 e. The maximum absolute atomic E-state index is 5.67. The predicted octanol–water partition coefficient (Wildman–Crippen LogP) is 2.06. The molecule has 0 radical (unpaired) electrons. The minimum absolute atomic E-state index is 0.245. The van der Waals surface area contributed by atoms with Crippen LogP contribution in [0.5, 0.6) is 0 Å². The third kappa shape index (κ3) is 2.05. The quantitative estimate of drug-likeness (QED) is 0.585. The monoisotopic (exact) mass is 289 g/mol. The maximum Gasteiger partial charge on any atom is 0.220 e. The average Bonchev–Trinajstić information content (AvgIpc) is 2.99. The summed E-state index contributed by atoms with van der Waals surface area (Å²) >= 11 is 0. The van der Waals surface area contributed by atoms with E-state index in [9.17, 15) is 0 Å². The fourth-order valence-electron chi connectivity index (χ4n) is 2.36. The maximum atomic E-state index is 5.67. The Bertz CT molecular complexity index is 946. The molecule has 4 aromatic rings. The first-order valence-electron chi connectivity index (χ1n) is 6.64. The number of nitrogens with zero attached hydrogens (tertiary/aromatic N) is 5. The van der Waals surface area contributed by atoms with Crippen molar-refractivity contribution in [1.29, 1.82) is 0 Å². The molecule has 0 unspecified atom stereocenters. The van der Waals surface area contributed by atoms with E-state index in [0.29, 0.717) is 0 Å². The topological polar surface area (TPSA) is 106 Å². The minimum atomic E-state index is 0.245. The van der Waals surface area contributed by atoms with Crippen molar-refractivity contribution in [3.8, 4) is 22.4 Å². The Kier molecular flexibility index (Phi) is 2.75. The van der Waals surface area contributed by atoms with Crippen LogP contribution in [-0.2, 0) is 0 Å². The lowest BCUT2D eigenvalue weighted by Gasteiger charge is -2.02. The summed E-state index contributed by atoms with van der Waals surface area (Å²) < 4.78 is 0. The number of aromatic nitrogens is 6. The molecule has 0 fully saturated rings. The summed E-state index contributed by atoms with van der Waals surface area (Å²) in [5.41, 5.74) is 10.1. The van der Waals surface area contributed by atoms with Gasteiger partial charge < -0.3 is 10.7 Å². The molecule has 4 heterocycles. The lowest BCUT2D eigenvalue weighted by atomic mass is 10.1. The highest BCUT2D eigenvalue weighted by molar-refractivity contribution is 5.94. The number of fused-ring (bicyclic) bond motifs is 1. The zero-order valence-electron chi connectivity index (χ0n) is 11.4. The molecule has 0 amide bonds. The minimum Gasteiger partial charge on any atom is -0.368 e. The summed E-state index contributed by atoms with van der Waals surface area (Å²) in [6, 6.07) is 5.76. The summed E-state index contributed by atoms with van der Waals surface area (Å²) in [7, 11) is 0. The molecule has 0 aliphatic carbocycles. The van der Waals surface area contributed by atoms with Crippen LogP contribution in [0.3, 0.4) is 0 Å². The highest BCUT2D eigenvalue weighted by atomic mass is 15.1. The van der Waals surface area contributed by atoms with E-state index in [1.54, 1.807) is 24.8 Å². The summed E-state index contributed by atoms with van der Waals surface area (Å²) in [5.74, 6) is 0.245. The van der Waals surface area contributed by atoms with Crippen molar-refractivity contribution in [2.45, 2.75) is 0 Å². The molecule has 22 heavy (non-hydrogen) atoms. The number of aromatic amines is 1. The van der Waals surface area contributed by atoms with Crippen molar-refractivity contribution < 1.29 is 0 Å². The lowest BCUT2D eigenvalue weighted by molar-refractivity contribution is 1.03. The number of rotatable bonds is 2. The van der Waals surface area contributed by atoms with E-state index in [0.717, 1.165) is 33.4 Å². The molecule has 0 aliphatic heterocycles. The Morgan fingerprint density at radius 1 is 0.955 bits per heavy atom. The van der Waals surface area contributed by atoms with Gasteiger partial charge in [0, 0.05) is 40.7 Å². The van der Waals surface area contributed by atoms with E-state index < -0.39 is 0 Å². The average molecular weight is 289 g/mol. The zero-order valence-corrected chi connectivity index (χ0v) is 11.4. The van der Waals surface area contributed by atoms with E-state index >= 15 is 0 Å². The van der Waals surface area contributed by atoms with Crippen molar-refractivity contribution in [1.82, 2.24) is 30.1 Å². The van der Waals surface area contributed by atoms with E-state index in [1.807, 2.05) is 24.4 Å². The fraction of sp³-hybridized carbons (Fsp3) is 0. The Hall–Kier alpha value is -3.35. The number of hydrogen-bond acceptors (Lipinski definition) is 6. The number of nitrogen functional groups attached to an aromatic ring is 1. The number of anilines is 1. The van der Waals surface area contributed by atoms with Crippen LogP contribution >= 0.6 is 0 Å². The van der Waals surface area contributed by atoms with Gasteiger partial charge in [-0.3, -0.25) is 0 Å². The molecular formula is C15H11N7. The molecule has 3 N–H and O–H groups in total. The number of nitrogens with one attached hydrogen (secondary N) is 1. The zero-order chi connectivity index (χ0) is 14.9. The SMILES string of the molecule is Nc1nccc(-c2c[nH]c3ncc(-c4ccnnc4)cc23)n1. The summed E-state index contributed by atoms with van der Waals surface area (Å²) in [4.78, 5) is 15.8. The van der Waals surface area contributed by atoms with Gasteiger partial charge in [-0.05, 0) is 18.2 Å². The predicted molar refractivity (Wildman–Crippen MR) is 82.6 cm³/mol. The van der Waals surface area contributed by atoms with Crippen molar-refractivity contribution >= 4 is 17.0 Å². The molecule has 7 nitrogen and oxygen atoms in total. The van der Waals surface area contributed by atoms with Crippen LogP contribution < -0.4 is 5.73 Å². The van der Waals surface area contributed by atoms with Crippen LogP contribution in [0.15, 0.2) is 49.2 Å².